The van der Waals surface area contributed by atoms with E-state index in [1.807, 2.05) is 0 Å². The third-order valence-electron chi connectivity index (χ3n) is 8.17. The Bertz CT molecular complexity index is 502. The van der Waals surface area contributed by atoms with E-state index in [0.717, 1.165) is 25.7 Å². The molecule has 5 nitrogen and oxygen atoms in total. The van der Waals surface area contributed by atoms with Crippen LogP contribution >= 0.6 is 0 Å². The summed E-state index contributed by atoms with van der Waals surface area (Å²) in [5.74, 6) is -0.286. The van der Waals surface area contributed by atoms with Gasteiger partial charge in [0.05, 0.1) is 31.3 Å². The largest absolute Gasteiger partial charge is 0.394 e. The van der Waals surface area contributed by atoms with Crippen molar-refractivity contribution in [3.8, 4) is 0 Å². The zero-order valence-electron chi connectivity index (χ0n) is 26.3. The van der Waals surface area contributed by atoms with Crippen LogP contribution in [0.3, 0.4) is 0 Å². The van der Waals surface area contributed by atoms with Gasteiger partial charge in [-0.25, -0.2) is 0 Å². The zero-order chi connectivity index (χ0) is 28.8. The minimum Gasteiger partial charge on any atom is -0.394 e. The van der Waals surface area contributed by atoms with Gasteiger partial charge in [-0.3, -0.25) is 4.79 Å². The summed E-state index contributed by atoms with van der Waals surface area (Å²) in [5.41, 5.74) is 0. The van der Waals surface area contributed by atoms with E-state index in [9.17, 15) is 20.1 Å². The van der Waals surface area contributed by atoms with E-state index >= 15 is 0 Å². The fourth-order valence-electron chi connectivity index (χ4n) is 5.46. The lowest BCUT2D eigenvalue weighted by atomic mass is 10.0. The van der Waals surface area contributed by atoms with Gasteiger partial charge >= 0.3 is 0 Å². The molecule has 4 N–H and O–H groups in total. The predicted octanol–water partition coefficient (Wildman–Crippen LogP) is 8.76. The minimum atomic E-state index is -0.740. The van der Waals surface area contributed by atoms with Crippen molar-refractivity contribution < 1.29 is 20.1 Å². The van der Waals surface area contributed by atoms with Gasteiger partial charge in [-0.15, -0.1) is 0 Å². The van der Waals surface area contributed by atoms with Crippen LogP contribution in [-0.4, -0.2) is 46.1 Å². The Kier molecular flexibility index (Phi) is 29.8. The number of carbonyl (C=O) groups excluding carboxylic acids is 1. The molecule has 5 heteroatoms. The third kappa shape index (κ3) is 27.3. The van der Waals surface area contributed by atoms with Crippen LogP contribution in [0.25, 0.3) is 0 Å². The van der Waals surface area contributed by atoms with E-state index in [0.29, 0.717) is 12.8 Å². The Morgan fingerprint density at radius 2 is 0.872 bits per heavy atom. The fourth-order valence-corrected chi connectivity index (χ4v) is 5.46. The Morgan fingerprint density at radius 1 is 0.538 bits per heavy atom. The maximum atomic E-state index is 12.3. The molecule has 3 atom stereocenters. The van der Waals surface area contributed by atoms with Crippen LogP contribution in [-0.2, 0) is 4.79 Å². The molecule has 234 valence electrons. The second kappa shape index (κ2) is 30.3. The molecule has 0 fully saturated rings. The Hall–Kier alpha value is -0.650. The fraction of sp³-hybridized carbons (Fsp3) is 0.971. The number of aliphatic hydroxyl groups is 3. The molecule has 0 bridgehead atoms. The first-order valence-electron chi connectivity index (χ1n) is 17.3. The first-order valence-corrected chi connectivity index (χ1v) is 17.3. The Balaban J connectivity index is 3.62. The molecule has 0 rings (SSSR count). The lowest BCUT2D eigenvalue weighted by Gasteiger charge is -2.23. The van der Waals surface area contributed by atoms with Crippen LogP contribution in [0, 0.1) is 0 Å². The number of hydrogen-bond donors (Lipinski definition) is 4. The van der Waals surface area contributed by atoms with Crippen molar-refractivity contribution in [1.82, 2.24) is 5.32 Å². The normalized spacial score (nSPS) is 13.9. The summed E-state index contributed by atoms with van der Waals surface area (Å²) < 4.78 is 0. The van der Waals surface area contributed by atoms with Gasteiger partial charge in [0.15, 0.2) is 0 Å². The lowest BCUT2D eigenvalue weighted by molar-refractivity contribution is -0.125. The highest BCUT2D eigenvalue weighted by molar-refractivity contribution is 5.76. The average Bonchev–Trinajstić information content (AvgIpc) is 2.92. The van der Waals surface area contributed by atoms with Gasteiger partial charge in [-0.1, -0.05) is 168 Å². The number of carbonyl (C=O) groups is 1. The third-order valence-corrected chi connectivity index (χ3v) is 8.17. The van der Waals surface area contributed by atoms with E-state index in [2.05, 4.69) is 19.2 Å². The van der Waals surface area contributed by atoms with Crippen molar-refractivity contribution in [1.29, 1.82) is 0 Å². The Labute approximate surface area is 243 Å². The Morgan fingerprint density at radius 3 is 1.23 bits per heavy atom. The summed E-state index contributed by atoms with van der Waals surface area (Å²) in [6.07, 6.45) is 30.6. The molecule has 0 aromatic rings. The number of nitrogens with one attached hydrogen (secondary N) is 1. The smallest absolute Gasteiger partial charge is 0.222 e. The first kappa shape index (κ1) is 38.4. The molecule has 0 radical (unpaired) electrons. The van der Waals surface area contributed by atoms with E-state index in [-0.39, 0.29) is 18.9 Å². The molecule has 0 aromatic heterocycles. The van der Waals surface area contributed by atoms with Gasteiger partial charge in [-0.2, -0.15) is 0 Å². The molecule has 39 heavy (non-hydrogen) atoms. The lowest BCUT2D eigenvalue weighted by Crippen LogP contribution is -2.46. The van der Waals surface area contributed by atoms with Gasteiger partial charge in [0.25, 0.3) is 0 Å². The topological polar surface area (TPSA) is 89.8 Å². The maximum absolute atomic E-state index is 12.3. The van der Waals surface area contributed by atoms with E-state index in [4.69, 9.17) is 0 Å². The monoisotopic (exact) mass is 556 g/mol. The van der Waals surface area contributed by atoms with Gasteiger partial charge in [0, 0.05) is 0 Å². The molecular formula is C34H69NO4. The molecule has 0 heterocycles. The van der Waals surface area contributed by atoms with Gasteiger partial charge in [0.2, 0.25) is 5.91 Å². The highest BCUT2D eigenvalue weighted by Crippen LogP contribution is 2.16. The quantitative estimate of drug-likeness (QED) is 0.0644. The highest BCUT2D eigenvalue weighted by Gasteiger charge is 2.21. The summed E-state index contributed by atoms with van der Waals surface area (Å²) in [5, 5.41) is 33.0. The van der Waals surface area contributed by atoms with Gasteiger partial charge < -0.3 is 20.6 Å². The van der Waals surface area contributed by atoms with Crippen molar-refractivity contribution in [3.05, 3.63) is 0 Å². The van der Waals surface area contributed by atoms with Crippen LogP contribution in [0.15, 0.2) is 0 Å². The van der Waals surface area contributed by atoms with Crippen molar-refractivity contribution >= 4 is 5.91 Å². The average molecular weight is 556 g/mol. The number of amides is 1. The highest BCUT2D eigenvalue weighted by atomic mass is 16.3. The molecule has 3 unspecified atom stereocenters. The van der Waals surface area contributed by atoms with Crippen molar-refractivity contribution in [3.63, 3.8) is 0 Å². The summed E-state index contributed by atoms with van der Waals surface area (Å²) in [6, 6.07) is -0.649. The van der Waals surface area contributed by atoms with E-state index in [1.165, 1.54) is 128 Å². The van der Waals surface area contributed by atoms with Crippen molar-refractivity contribution in [2.75, 3.05) is 6.61 Å². The molecule has 0 saturated carbocycles. The van der Waals surface area contributed by atoms with Crippen LogP contribution in [0.1, 0.15) is 187 Å². The molecular weight excluding hydrogens is 486 g/mol. The van der Waals surface area contributed by atoms with Crippen LogP contribution < -0.4 is 5.32 Å². The number of aliphatic hydroxyl groups excluding tert-OH is 3. The van der Waals surface area contributed by atoms with E-state index < -0.39 is 18.2 Å². The van der Waals surface area contributed by atoms with Crippen molar-refractivity contribution in [2.45, 2.75) is 205 Å². The molecule has 0 aromatic carbocycles. The molecule has 0 aliphatic rings. The SMILES string of the molecule is CCCCCCCCCCCCCCCCCCCC(O)C(CO)NC(=O)CC(O)CCCCCCCCC. The summed E-state index contributed by atoms with van der Waals surface area (Å²) >= 11 is 0. The second-order valence-corrected chi connectivity index (χ2v) is 12.1. The maximum Gasteiger partial charge on any atom is 0.222 e. The first-order chi connectivity index (χ1) is 19.0. The van der Waals surface area contributed by atoms with Crippen LogP contribution in [0.2, 0.25) is 0 Å². The van der Waals surface area contributed by atoms with Gasteiger partial charge in [0.1, 0.15) is 0 Å². The standard InChI is InChI=1S/C34H69NO4/c1-3-5-7-9-11-12-13-14-15-16-17-18-19-20-22-24-26-28-33(38)32(30-36)35-34(39)29-31(37)27-25-23-21-10-8-6-4-2/h31-33,36-38H,3-30H2,1-2H3,(H,35,39). The summed E-state index contributed by atoms with van der Waals surface area (Å²) in [6.45, 7) is 4.21. The molecule has 0 spiro atoms. The van der Waals surface area contributed by atoms with Gasteiger partial charge in [-0.05, 0) is 12.8 Å². The predicted molar refractivity (Wildman–Crippen MR) is 167 cm³/mol. The van der Waals surface area contributed by atoms with E-state index in [1.54, 1.807) is 0 Å². The molecule has 0 saturated heterocycles. The zero-order valence-corrected chi connectivity index (χ0v) is 26.3. The summed E-state index contributed by atoms with van der Waals surface area (Å²) in [4.78, 5) is 12.3. The second-order valence-electron chi connectivity index (χ2n) is 12.1. The molecule has 1 amide bonds. The summed E-state index contributed by atoms with van der Waals surface area (Å²) in [7, 11) is 0. The van der Waals surface area contributed by atoms with Crippen LogP contribution in [0.5, 0.6) is 0 Å². The molecule has 0 aliphatic heterocycles. The number of rotatable bonds is 31. The number of hydrogen-bond acceptors (Lipinski definition) is 4. The molecule has 0 aliphatic carbocycles. The van der Waals surface area contributed by atoms with Crippen molar-refractivity contribution in [2.24, 2.45) is 0 Å². The van der Waals surface area contributed by atoms with Crippen LogP contribution in [0.4, 0.5) is 0 Å². The number of unbranched alkanes of at least 4 members (excludes halogenated alkanes) is 22. The minimum absolute atomic E-state index is 0.0399.